The van der Waals surface area contributed by atoms with Crippen molar-refractivity contribution < 1.29 is 5.11 Å². The Balaban J connectivity index is 0.00000245. The summed E-state index contributed by atoms with van der Waals surface area (Å²) < 4.78 is 0. The molecule has 0 amide bonds. The number of halogens is 1. The van der Waals surface area contributed by atoms with Gasteiger partial charge in [-0.3, -0.25) is 5.10 Å². The number of nitrogens with zero attached hydrogens (tertiary/aromatic N) is 4. The number of fused-ring (bicyclic) bond motifs is 1. The number of aromatic nitrogens is 4. The molecular weight excluding hydrogens is 424 g/mol. The van der Waals surface area contributed by atoms with Crippen molar-refractivity contribution in [1.82, 2.24) is 25.7 Å². The van der Waals surface area contributed by atoms with Gasteiger partial charge in [-0.05, 0) is 70.7 Å². The first-order valence-corrected chi connectivity index (χ1v) is 11.0. The van der Waals surface area contributed by atoms with Gasteiger partial charge in [0.1, 0.15) is 5.75 Å². The van der Waals surface area contributed by atoms with Gasteiger partial charge in [-0.2, -0.15) is 5.10 Å². The zero-order valence-corrected chi connectivity index (χ0v) is 19.8. The van der Waals surface area contributed by atoms with Crippen LogP contribution in [0.5, 0.6) is 5.75 Å². The van der Waals surface area contributed by atoms with Gasteiger partial charge in [0, 0.05) is 46.6 Å². The summed E-state index contributed by atoms with van der Waals surface area (Å²) in [6.45, 7) is 10.1. The normalized spacial score (nSPS) is 19.4. The van der Waals surface area contributed by atoms with Gasteiger partial charge in [0.15, 0.2) is 5.82 Å². The van der Waals surface area contributed by atoms with E-state index in [1.807, 2.05) is 18.3 Å². The maximum Gasteiger partial charge on any atom is 0.154 e. The SMILES string of the molecule is CC1(C)CC(N2CCc3cc(-c4ccc(-c5cn[nH]c5)cc4O)nnc32)CC(C)(C)N1.Cl. The van der Waals surface area contributed by atoms with Crippen molar-refractivity contribution in [1.29, 1.82) is 0 Å². The fraction of sp³-hybridized carbons (Fsp3) is 0.458. The van der Waals surface area contributed by atoms with E-state index in [4.69, 9.17) is 0 Å². The van der Waals surface area contributed by atoms with Gasteiger partial charge in [0.25, 0.3) is 0 Å². The Morgan fingerprint density at radius 1 is 1.03 bits per heavy atom. The van der Waals surface area contributed by atoms with Crippen molar-refractivity contribution in [2.45, 2.75) is 64.1 Å². The number of phenols is 1. The first kappa shape index (κ1) is 22.6. The lowest BCUT2D eigenvalue weighted by molar-refractivity contribution is 0.159. The van der Waals surface area contributed by atoms with Crippen molar-refractivity contribution in [3.05, 3.63) is 42.2 Å². The van der Waals surface area contributed by atoms with Gasteiger partial charge in [-0.15, -0.1) is 22.6 Å². The minimum atomic E-state index is 0. The molecular formula is C24H31ClN6O. The molecule has 1 saturated heterocycles. The van der Waals surface area contributed by atoms with Crippen LogP contribution in [0.2, 0.25) is 0 Å². The Morgan fingerprint density at radius 2 is 1.78 bits per heavy atom. The fourth-order valence-electron chi connectivity index (χ4n) is 5.51. The molecule has 2 aliphatic rings. The van der Waals surface area contributed by atoms with Crippen LogP contribution in [0.3, 0.4) is 0 Å². The van der Waals surface area contributed by atoms with Crippen LogP contribution >= 0.6 is 12.4 Å². The number of H-pyrrole nitrogens is 1. The van der Waals surface area contributed by atoms with Crippen LogP contribution in [0.4, 0.5) is 5.82 Å². The molecule has 2 aliphatic heterocycles. The van der Waals surface area contributed by atoms with E-state index in [1.165, 1.54) is 5.56 Å². The van der Waals surface area contributed by atoms with E-state index in [0.717, 1.165) is 42.8 Å². The fourth-order valence-corrected chi connectivity index (χ4v) is 5.51. The van der Waals surface area contributed by atoms with Gasteiger partial charge in [-0.1, -0.05) is 6.07 Å². The number of anilines is 1. The quantitative estimate of drug-likeness (QED) is 0.545. The predicted octanol–water partition coefficient (Wildman–Crippen LogP) is 4.33. The van der Waals surface area contributed by atoms with E-state index in [9.17, 15) is 5.11 Å². The van der Waals surface area contributed by atoms with Crippen LogP contribution in [-0.4, -0.2) is 49.2 Å². The van der Waals surface area contributed by atoms with Gasteiger partial charge < -0.3 is 15.3 Å². The number of aromatic hydroxyl groups is 1. The Bertz CT molecular complexity index is 1100. The summed E-state index contributed by atoms with van der Waals surface area (Å²) >= 11 is 0. The summed E-state index contributed by atoms with van der Waals surface area (Å²) in [4.78, 5) is 2.44. The Labute approximate surface area is 195 Å². The number of aromatic amines is 1. The smallest absolute Gasteiger partial charge is 0.154 e. The molecule has 0 spiro atoms. The summed E-state index contributed by atoms with van der Waals surface area (Å²) in [6.07, 6.45) is 6.66. The predicted molar refractivity (Wildman–Crippen MR) is 129 cm³/mol. The average Bonchev–Trinajstić information content (AvgIpc) is 3.35. The standard InChI is InChI=1S/C24H30N6O.ClH/c1-23(2)11-18(12-24(3,4)29-23)30-8-7-16-9-20(27-28-22(16)30)19-6-5-15(10-21(19)31)17-13-25-26-14-17;/h5-6,9-10,13-14,18,29,31H,7-8,11-12H2,1-4H3,(H,25,26);1H. The summed E-state index contributed by atoms with van der Waals surface area (Å²) in [5.41, 5.74) is 4.64. The Kier molecular flexibility index (Phi) is 5.67. The highest BCUT2D eigenvalue weighted by molar-refractivity contribution is 5.85. The molecule has 170 valence electrons. The zero-order valence-electron chi connectivity index (χ0n) is 19.0. The first-order valence-electron chi connectivity index (χ1n) is 11.0. The van der Waals surface area contributed by atoms with Crippen LogP contribution in [0, 0.1) is 0 Å². The molecule has 7 nitrogen and oxygen atoms in total. The lowest BCUT2D eigenvalue weighted by atomic mass is 9.79. The highest BCUT2D eigenvalue weighted by Gasteiger charge is 2.41. The summed E-state index contributed by atoms with van der Waals surface area (Å²) in [5, 5.41) is 30.3. The third-order valence-corrected chi connectivity index (χ3v) is 6.46. The molecule has 3 aromatic rings. The molecule has 3 N–H and O–H groups in total. The molecule has 0 radical (unpaired) electrons. The molecule has 5 rings (SSSR count). The minimum absolute atomic E-state index is 0. The van der Waals surface area contributed by atoms with Gasteiger partial charge >= 0.3 is 0 Å². The second-order valence-corrected chi connectivity index (χ2v) is 10.2. The number of nitrogens with one attached hydrogen (secondary N) is 2. The summed E-state index contributed by atoms with van der Waals surface area (Å²) in [5.74, 6) is 1.20. The van der Waals surface area contributed by atoms with Crippen LogP contribution < -0.4 is 10.2 Å². The lowest BCUT2D eigenvalue weighted by Crippen LogP contribution is -2.62. The van der Waals surface area contributed by atoms with Gasteiger partial charge in [0.05, 0.1) is 11.9 Å². The largest absolute Gasteiger partial charge is 0.507 e. The molecule has 1 aromatic carbocycles. The Morgan fingerprint density at radius 3 is 2.44 bits per heavy atom. The molecule has 8 heteroatoms. The van der Waals surface area contributed by atoms with Crippen molar-refractivity contribution in [3.8, 4) is 28.1 Å². The highest BCUT2D eigenvalue weighted by atomic mass is 35.5. The number of hydrogen-bond donors (Lipinski definition) is 3. The molecule has 4 heterocycles. The van der Waals surface area contributed by atoms with Crippen LogP contribution in [-0.2, 0) is 6.42 Å². The van der Waals surface area contributed by atoms with Crippen molar-refractivity contribution in [3.63, 3.8) is 0 Å². The Hall–Kier alpha value is -2.64. The van der Waals surface area contributed by atoms with Crippen LogP contribution in [0.25, 0.3) is 22.4 Å². The van der Waals surface area contributed by atoms with E-state index >= 15 is 0 Å². The summed E-state index contributed by atoms with van der Waals surface area (Å²) in [7, 11) is 0. The summed E-state index contributed by atoms with van der Waals surface area (Å²) in [6, 6.07) is 8.15. The number of piperidine rings is 1. The van der Waals surface area contributed by atoms with E-state index in [1.54, 1.807) is 12.3 Å². The number of rotatable bonds is 3. The lowest BCUT2D eigenvalue weighted by Gasteiger charge is -2.49. The van der Waals surface area contributed by atoms with Crippen molar-refractivity contribution >= 4 is 18.2 Å². The monoisotopic (exact) mass is 454 g/mol. The molecule has 0 atom stereocenters. The molecule has 0 unspecified atom stereocenters. The molecule has 0 bridgehead atoms. The third-order valence-electron chi connectivity index (χ3n) is 6.46. The number of benzene rings is 1. The van der Waals surface area contributed by atoms with Crippen molar-refractivity contribution in [2.24, 2.45) is 0 Å². The van der Waals surface area contributed by atoms with E-state index in [-0.39, 0.29) is 29.2 Å². The van der Waals surface area contributed by atoms with Crippen molar-refractivity contribution in [2.75, 3.05) is 11.4 Å². The zero-order chi connectivity index (χ0) is 21.8. The van der Waals surface area contributed by atoms with Crippen LogP contribution in [0.15, 0.2) is 36.7 Å². The second-order valence-electron chi connectivity index (χ2n) is 10.2. The van der Waals surface area contributed by atoms with Gasteiger partial charge in [0.2, 0.25) is 0 Å². The molecule has 32 heavy (non-hydrogen) atoms. The maximum absolute atomic E-state index is 10.6. The van der Waals surface area contributed by atoms with Gasteiger partial charge in [-0.25, -0.2) is 0 Å². The van der Waals surface area contributed by atoms with E-state index in [0.29, 0.717) is 17.3 Å². The molecule has 0 aliphatic carbocycles. The number of phenolic OH excluding ortho intramolecular Hbond substituents is 1. The minimum Gasteiger partial charge on any atom is -0.507 e. The van der Waals surface area contributed by atoms with E-state index < -0.39 is 0 Å². The topological polar surface area (TPSA) is 90.0 Å². The maximum atomic E-state index is 10.6. The first-order chi connectivity index (χ1) is 14.7. The molecule has 0 saturated carbocycles. The van der Waals surface area contributed by atoms with E-state index in [2.05, 4.69) is 64.4 Å². The third kappa shape index (κ3) is 4.19. The van der Waals surface area contributed by atoms with Crippen LogP contribution in [0.1, 0.15) is 46.1 Å². The highest BCUT2D eigenvalue weighted by Crippen LogP contribution is 2.39. The average molecular weight is 455 g/mol. The number of hydrogen-bond acceptors (Lipinski definition) is 6. The molecule has 2 aromatic heterocycles. The molecule has 1 fully saturated rings. The second kappa shape index (κ2) is 8.05.